The van der Waals surface area contributed by atoms with E-state index in [1.807, 2.05) is 48.5 Å². The van der Waals surface area contributed by atoms with Crippen LogP contribution in [0.1, 0.15) is 23.0 Å². The van der Waals surface area contributed by atoms with Crippen LogP contribution in [0.4, 0.5) is 5.69 Å². The molecule has 0 saturated carbocycles. The maximum Gasteiger partial charge on any atom is 0.277 e. The number of nitrogens with one attached hydrogen (secondary N) is 1. The van der Waals surface area contributed by atoms with E-state index in [0.717, 1.165) is 22.1 Å². The Kier molecular flexibility index (Phi) is 4.57. The van der Waals surface area contributed by atoms with Crippen molar-refractivity contribution >= 4 is 27.5 Å². The molecule has 0 unspecified atom stereocenters. The highest BCUT2D eigenvalue weighted by Gasteiger charge is 2.14. The number of aryl methyl sites for hydroxylation is 1. The summed E-state index contributed by atoms with van der Waals surface area (Å²) in [5.74, 6) is 0.269. The van der Waals surface area contributed by atoms with Crippen molar-refractivity contribution < 1.29 is 9.32 Å². The van der Waals surface area contributed by atoms with Gasteiger partial charge in [-0.3, -0.25) is 4.79 Å². The zero-order valence-corrected chi connectivity index (χ0v) is 14.1. The molecule has 23 heavy (non-hydrogen) atoms. The minimum absolute atomic E-state index is 0.252. The second-order valence-corrected chi connectivity index (χ2v) is 6.00. The van der Waals surface area contributed by atoms with Gasteiger partial charge in [0.1, 0.15) is 0 Å². The Labute approximate surface area is 142 Å². The number of rotatable bonds is 4. The molecule has 0 atom stereocenters. The van der Waals surface area contributed by atoms with Gasteiger partial charge in [-0.15, -0.1) is 0 Å². The molecular formula is C18H15BrN2O2. The van der Waals surface area contributed by atoms with Crippen LogP contribution in [-0.2, 0) is 6.42 Å². The molecule has 0 spiro atoms. The zero-order valence-electron chi connectivity index (χ0n) is 12.5. The van der Waals surface area contributed by atoms with Crippen LogP contribution < -0.4 is 5.32 Å². The number of amides is 1. The summed E-state index contributed by atoms with van der Waals surface area (Å²) < 4.78 is 6.24. The molecule has 0 aliphatic rings. The molecule has 4 nitrogen and oxygen atoms in total. The minimum atomic E-state index is -0.290. The molecule has 0 fully saturated rings. The molecule has 3 aromatic rings. The fourth-order valence-corrected chi connectivity index (χ4v) is 2.42. The molecular weight excluding hydrogens is 356 g/mol. The number of anilines is 1. The lowest BCUT2D eigenvalue weighted by Crippen LogP contribution is -2.12. The van der Waals surface area contributed by atoms with E-state index in [1.165, 1.54) is 5.56 Å². The molecule has 0 aliphatic heterocycles. The molecule has 1 amide bonds. The first-order chi connectivity index (χ1) is 11.2. The average molecular weight is 371 g/mol. The third-order valence-electron chi connectivity index (χ3n) is 3.49. The van der Waals surface area contributed by atoms with Gasteiger partial charge in [-0.2, -0.15) is 0 Å². The second kappa shape index (κ2) is 6.79. The van der Waals surface area contributed by atoms with Gasteiger partial charge in [0, 0.05) is 21.8 Å². The summed E-state index contributed by atoms with van der Waals surface area (Å²) in [6, 6.07) is 17.0. The Hall–Kier alpha value is -2.40. The highest BCUT2D eigenvalue weighted by atomic mass is 79.9. The van der Waals surface area contributed by atoms with Crippen LogP contribution in [0.25, 0.3) is 11.3 Å². The zero-order chi connectivity index (χ0) is 16.2. The molecule has 0 radical (unpaired) electrons. The van der Waals surface area contributed by atoms with Gasteiger partial charge in [-0.1, -0.05) is 52.3 Å². The van der Waals surface area contributed by atoms with Crippen LogP contribution in [-0.4, -0.2) is 11.1 Å². The molecule has 116 valence electrons. The Morgan fingerprint density at radius 2 is 1.83 bits per heavy atom. The smallest absolute Gasteiger partial charge is 0.277 e. The van der Waals surface area contributed by atoms with Gasteiger partial charge < -0.3 is 9.84 Å². The van der Waals surface area contributed by atoms with Gasteiger partial charge in [-0.25, -0.2) is 0 Å². The number of carbonyl (C=O) groups excluding carboxylic acids is 1. The third-order valence-corrected chi connectivity index (χ3v) is 4.02. The summed E-state index contributed by atoms with van der Waals surface area (Å²) in [4.78, 5) is 12.2. The van der Waals surface area contributed by atoms with Gasteiger partial charge in [-0.05, 0) is 36.2 Å². The minimum Gasteiger partial charge on any atom is -0.355 e. The summed E-state index contributed by atoms with van der Waals surface area (Å²) in [5.41, 5.74) is 3.08. The molecule has 1 N–H and O–H groups in total. The number of nitrogens with zero attached hydrogens (tertiary/aromatic N) is 1. The third kappa shape index (κ3) is 3.68. The van der Waals surface area contributed by atoms with E-state index in [0.29, 0.717) is 5.76 Å². The molecule has 2 aromatic carbocycles. The van der Waals surface area contributed by atoms with Crippen molar-refractivity contribution in [2.24, 2.45) is 0 Å². The Bertz CT molecular complexity index is 808. The maximum atomic E-state index is 12.2. The summed E-state index contributed by atoms with van der Waals surface area (Å²) in [6.07, 6.45) is 0.966. The molecule has 3 rings (SSSR count). The molecule has 1 heterocycles. The van der Waals surface area contributed by atoms with Gasteiger partial charge in [0.15, 0.2) is 11.5 Å². The van der Waals surface area contributed by atoms with Crippen LogP contribution in [0.15, 0.2) is 63.6 Å². The van der Waals surface area contributed by atoms with Crippen molar-refractivity contribution in [1.82, 2.24) is 5.16 Å². The van der Waals surface area contributed by atoms with E-state index in [9.17, 15) is 4.79 Å². The lowest BCUT2D eigenvalue weighted by atomic mass is 10.1. The van der Waals surface area contributed by atoms with Crippen molar-refractivity contribution in [1.29, 1.82) is 0 Å². The van der Waals surface area contributed by atoms with E-state index in [4.69, 9.17) is 4.52 Å². The Morgan fingerprint density at radius 1 is 1.13 bits per heavy atom. The topological polar surface area (TPSA) is 55.1 Å². The predicted octanol–water partition coefficient (Wildman–Crippen LogP) is 4.92. The number of hydrogen-bond acceptors (Lipinski definition) is 3. The monoisotopic (exact) mass is 370 g/mol. The Balaban J connectivity index is 1.74. The van der Waals surface area contributed by atoms with Crippen molar-refractivity contribution in [2.45, 2.75) is 13.3 Å². The van der Waals surface area contributed by atoms with Gasteiger partial charge >= 0.3 is 0 Å². The standard InChI is InChI=1S/C18H15BrN2O2/c1-2-12-3-9-15(10-4-12)20-18(22)16-11-17(23-21-16)13-5-7-14(19)8-6-13/h3-11H,2H2,1H3,(H,20,22). The maximum absolute atomic E-state index is 12.2. The second-order valence-electron chi connectivity index (χ2n) is 5.09. The van der Waals surface area contributed by atoms with Crippen LogP contribution in [0.5, 0.6) is 0 Å². The van der Waals surface area contributed by atoms with E-state index in [1.54, 1.807) is 6.07 Å². The van der Waals surface area contributed by atoms with E-state index < -0.39 is 0 Å². The first kappa shape index (κ1) is 15.5. The summed E-state index contributed by atoms with van der Waals surface area (Å²) in [6.45, 7) is 2.09. The highest BCUT2D eigenvalue weighted by Crippen LogP contribution is 2.23. The normalized spacial score (nSPS) is 10.5. The fourth-order valence-electron chi connectivity index (χ4n) is 2.15. The van der Waals surface area contributed by atoms with Crippen LogP contribution in [0.2, 0.25) is 0 Å². The van der Waals surface area contributed by atoms with E-state index in [-0.39, 0.29) is 11.6 Å². The summed E-state index contributed by atoms with van der Waals surface area (Å²) in [5, 5.41) is 6.66. The molecule has 0 aliphatic carbocycles. The van der Waals surface area contributed by atoms with Crippen molar-refractivity contribution in [3.8, 4) is 11.3 Å². The first-order valence-electron chi connectivity index (χ1n) is 7.28. The fraction of sp³-hybridized carbons (Fsp3) is 0.111. The van der Waals surface area contributed by atoms with Crippen LogP contribution in [0.3, 0.4) is 0 Å². The van der Waals surface area contributed by atoms with Crippen LogP contribution >= 0.6 is 15.9 Å². The van der Waals surface area contributed by atoms with Gasteiger partial charge in [0.25, 0.3) is 5.91 Å². The molecule has 0 bridgehead atoms. The highest BCUT2D eigenvalue weighted by molar-refractivity contribution is 9.10. The first-order valence-corrected chi connectivity index (χ1v) is 8.08. The SMILES string of the molecule is CCc1ccc(NC(=O)c2cc(-c3ccc(Br)cc3)on2)cc1. The van der Waals surface area contributed by atoms with E-state index in [2.05, 4.69) is 33.3 Å². The Morgan fingerprint density at radius 3 is 2.48 bits per heavy atom. The number of benzene rings is 2. The van der Waals surface area contributed by atoms with Crippen molar-refractivity contribution in [3.05, 3.63) is 70.3 Å². The summed E-state index contributed by atoms with van der Waals surface area (Å²) >= 11 is 3.38. The number of carbonyl (C=O) groups is 1. The van der Waals surface area contributed by atoms with Gasteiger partial charge in [0.2, 0.25) is 0 Å². The van der Waals surface area contributed by atoms with E-state index >= 15 is 0 Å². The quantitative estimate of drug-likeness (QED) is 0.708. The molecule has 1 aromatic heterocycles. The number of aromatic nitrogens is 1. The van der Waals surface area contributed by atoms with Gasteiger partial charge in [0.05, 0.1) is 0 Å². The lowest BCUT2D eigenvalue weighted by molar-refractivity contribution is 0.101. The lowest BCUT2D eigenvalue weighted by Gasteiger charge is -2.03. The summed E-state index contributed by atoms with van der Waals surface area (Å²) in [7, 11) is 0. The number of halogens is 1. The van der Waals surface area contributed by atoms with Crippen LogP contribution in [0, 0.1) is 0 Å². The molecule has 0 saturated heterocycles. The molecule has 5 heteroatoms. The largest absolute Gasteiger partial charge is 0.355 e. The average Bonchev–Trinajstić information content (AvgIpc) is 3.06. The number of hydrogen-bond donors (Lipinski definition) is 1. The van der Waals surface area contributed by atoms with Crippen molar-refractivity contribution in [3.63, 3.8) is 0 Å². The predicted molar refractivity (Wildman–Crippen MR) is 93.4 cm³/mol. The van der Waals surface area contributed by atoms with Crippen molar-refractivity contribution in [2.75, 3.05) is 5.32 Å².